The van der Waals surface area contributed by atoms with Crippen LogP contribution in [0.5, 0.6) is 0 Å². The fourth-order valence-electron chi connectivity index (χ4n) is 2.63. The van der Waals surface area contributed by atoms with Crippen molar-refractivity contribution in [3.05, 3.63) is 101 Å². The molecule has 29 heavy (non-hydrogen) atoms. The molecule has 0 aliphatic rings. The van der Waals surface area contributed by atoms with Gasteiger partial charge in [0.05, 0.1) is 30.4 Å². The third-order valence-corrected chi connectivity index (χ3v) is 4.70. The molecule has 0 saturated carbocycles. The molecule has 2 aromatic carbocycles. The second kappa shape index (κ2) is 9.41. The third kappa shape index (κ3) is 5.05. The van der Waals surface area contributed by atoms with E-state index in [0.29, 0.717) is 32.8 Å². The first-order valence-electron chi connectivity index (χ1n) is 8.74. The zero-order chi connectivity index (χ0) is 20.8. The van der Waals surface area contributed by atoms with Crippen LogP contribution in [0.25, 0.3) is 28.1 Å². The molecule has 1 aromatic heterocycles. The first kappa shape index (κ1) is 20.6. The Kier molecular flexibility index (Phi) is 6.70. The Labute approximate surface area is 180 Å². The lowest BCUT2D eigenvalue weighted by Crippen LogP contribution is -1.99. The SMILES string of the molecule is C=C(/C=C\C(=C/N)c1cnc(-c2ccc(Cl)cc2)c(-c2ccc(Cl)cc2)n1)OC. The molecule has 0 radical (unpaired) electrons. The number of benzene rings is 2. The number of ether oxygens (including phenoxy) is 1. The molecule has 0 saturated heterocycles. The maximum Gasteiger partial charge on any atom is 0.111 e. The minimum Gasteiger partial charge on any atom is -0.497 e. The number of allylic oxidation sites excluding steroid dienone is 3. The van der Waals surface area contributed by atoms with Gasteiger partial charge in [-0.2, -0.15) is 0 Å². The van der Waals surface area contributed by atoms with E-state index in [1.807, 2.05) is 48.5 Å². The molecule has 0 aliphatic heterocycles. The average Bonchev–Trinajstić information content (AvgIpc) is 2.75. The van der Waals surface area contributed by atoms with E-state index in [-0.39, 0.29) is 0 Å². The zero-order valence-electron chi connectivity index (χ0n) is 15.8. The predicted molar refractivity (Wildman–Crippen MR) is 120 cm³/mol. The fraction of sp³-hybridized carbons (Fsp3) is 0.0435. The average molecular weight is 424 g/mol. The van der Waals surface area contributed by atoms with Crippen LogP contribution in [-0.4, -0.2) is 17.1 Å². The van der Waals surface area contributed by atoms with Gasteiger partial charge in [-0.05, 0) is 36.4 Å². The van der Waals surface area contributed by atoms with E-state index in [2.05, 4.69) is 11.6 Å². The topological polar surface area (TPSA) is 61.0 Å². The molecule has 0 bridgehead atoms. The number of nitrogens with two attached hydrogens (primary N) is 1. The van der Waals surface area contributed by atoms with Gasteiger partial charge in [-0.3, -0.25) is 4.98 Å². The lowest BCUT2D eigenvalue weighted by atomic mass is 10.0. The lowest BCUT2D eigenvalue weighted by Gasteiger charge is -2.11. The summed E-state index contributed by atoms with van der Waals surface area (Å²) in [4.78, 5) is 9.51. The van der Waals surface area contributed by atoms with Crippen LogP contribution in [-0.2, 0) is 4.74 Å². The van der Waals surface area contributed by atoms with Crippen LogP contribution in [0, 0.1) is 0 Å². The molecule has 0 aliphatic carbocycles. The molecule has 0 spiro atoms. The summed E-state index contributed by atoms with van der Waals surface area (Å²) < 4.78 is 5.06. The van der Waals surface area contributed by atoms with E-state index in [1.165, 1.54) is 6.20 Å². The number of nitrogens with zero attached hydrogens (tertiary/aromatic N) is 2. The zero-order valence-corrected chi connectivity index (χ0v) is 17.3. The van der Waals surface area contributed by atoms with Crippen molar-refractivity contribution in [2.45, 2.75) is 0 Å². The van der Waals surface area contributed by atoms with E-state index in [4.69, 9.17) is 38.7 Å². The number of hydrogen-bond donors (Lipinski definition) is 1. The minimum absolute atomic E-state index is 0.507. The van der Waals surface area contributed by atoms with E-state index >= 15 is 0 Å². The molecule has 0 unspecified atom stereocenters. The first-order valence-corrected chi connectivity index (χ1v) is 9.49. The van der Waals surface area contributed by atoms with E-state index in [0.717, 1.165) is 16.8 Å². The highest BCUT2D eigenvalue weighted by Gasteiger charge is 2.14. The molecule has 0 atom stereocenters. The van der Waals surface area contributed by atoms with Crippen LogP contribution in [0.3, 0.4) is 0 Å². The van der Waals surface area contributed by atoms with Crippen LogP contribution in [0.4, 0.5) is 0 Å². The summed E-state index contributed by atoms with van der Waals surface area (Å²) in [5.41, 5.74) is 10.4. The highest BCUT2D eigenvalue weighted by Crippen LogP contribution is 2.31. The molecular weight excluding hydrogens is 405 g/mol. The summed E-state index contributed by atoms with van der Waals surface area (Å²) >= 11 is 12.1. The largest absolute Gasteiger partial charge is 0.497 e. The summed E-state index contributed by atoms with van der Waals surface area (Å²) in [6, 6.07) is 14.9. The predicted octanol–water partition coefficient (Wildman–Crippen LogP) is 6.13. The van der Waals surface area contributed by atoms with Crippen LogP contribution in [0.1, 0.15) is 5.69 Å². The highest BCUT2D eigenvalue weighted by atomic mass is 35.5. The van der Waals surface area contributed by atoms with Gasteiger partial charge in [0, 0.05) is 32.9 Å². The van der Waals surface area contributed by atoms with Crippen molar-refractivity contribution in [1.82, 2.24) is 9.97 Å². The van der Waals surface area contributed by atoms with Gasteiger partial charge in [0.25, 0.3) is 0 Å². The standard InChI is InChI=1S/C23H19Cl2N3O/c1-15(29-2)3-4-18(13-26)21-14-27-22(16-5-9-19(24)10-6-16)23(28-21)17-7-11-20(25)12-8-17/h3-14H,1,26H2,2H3/b4-3-,18-13+. The molecule has 0 amide bonds. The number of methoxy groups -OCH3 is 1. The van der Waals surface area contributed by atoms with E-state index in [1.54, 1.807) is 25.5 Å². The highest BCUT2D eigenvalue weighted by molar-refractivity contribution is 6.31. The number of rotatable bonds is 6. The van der Waals surface area contributed by atoms with Gasteiger partial charge in [-0.25, -0.2) is 4.98 Å². The quantitative estimate of drug-likeness (QED) is 0.382. The van der Waals surface area contributed by atoms with Crippen LogP contribution >= 0.6 is 23.2 Å². The Bertz CT molecular complexity index is 1070. The molecule has 2 N–H and O–H groups in total. The molecule has 0 fully saturated rings. The van der Waals surface area contributed by atoms with Crippen LogP contribution in [0.2, 0.25) is 10.0 Å². The second-order valence-corrected chi connectivity index (χ2v) is 6.96. The summed E-state index contributed by atoms with van der Waals surface area (Å²) in [5.74, 6) is 0.507. The van der Waals surface area contributed by atoms with E-state index in [9.17, 15) is 0 Å². The fourth-order valence-corrected chi connectivity index (χ4v) is 2.89. The first-order chi connectivity index (χ1) is 14.0. The number of hydrogen-bond acceptors (Lipinski definition) is 4. The normalized spacial score (nSPS) is 11.6. The maximum absolute atomic E-state index is 6.06. The smallest absolute Gasteiger partial charge is 0.111 e. The Morgan fingerprint density at radius 1 is 0.931 bits per heavy atom. The van der Waals surface area contributed by atoms with Crippen molar-refractivity contribution in [1.29, 1.82) is 0 Å². The Hall–Kier alpha value is -3.08. The summed E-state index contributed by atoms with van der Waals surface area (Å²) in [7, 11) is 1.55. The third-order valence-electron chi connectivity index (χ3n) is 4.19. The van der Waals surface area contributed by atoms with Gasteiger partial charge in [0.1, 0.15) is 5.76 Å². The molecule has 3 aromatic rings. The Balaban J connectivity index is 2.13. The molecule has 146 valence electrons. The van der Waals surface area contributed by atoms with Gasteiger partial charge in [0.2, 0.25) is 0 Å². The summed E-state index contributed by atoms with van der Waals surface area (Å²) in [6.45, 7) is 3.77. The summed E-state index contributed by atoms with van der Waals surface area (Å²) in [5, 5.41) is 1.30. The van der Waals surface area contributed by atoms with Crippen LogP contribution in [0.15, 0.2) is 85.4 Å². The van der Waals surface area contributed by atoms with Crippen LogP contribution < -0.4 is 5.73 Å². The van der Waals surface area contributed by atoms with Gasteiger partial charge in [-0.1, -0.05) is 54.0 Å². The van der Waals surface area contributed by atoms with Gasteiger partial charge >= 0.3 is 0 Å². The van der Waals surface area contributed by atoms with Gasteiger partial charge in [-0.15, -0.1) is 0 Å². The van der Waals surface area contributed by atoms with Crippen molar-refractivity contribution in [2.24, 2.45) is 5.73 Å². The van der Waals surface area contributed by atoms with Gasteiger partial charge < -0.3 is 10.5 Å². The molecular formula is C23H19Cl2N3O. The molecule has 3 rings (SSSR count). The maximum atomic E-state index is 6.06. The van der Waals surface area contributed by atoms with E-state index < -0.39 is 0 Å². The number of aromatic nitrogens is 2. The molecule has 6 heteroatoms. The van der Waals surface area contributed by atoms with Crippen molar-refractivity contribution in [2.75, 3.05) is 7.11 Å². The van der Waals surface area contributed by atoms with Crippen molar-refractivity contribution < 1.29 is 4.74 Å². The monoisotopic (exact) mass is 423 g/mol. The second-order valence-electron chi connectivity index (χ2n) is 6.09. The Morgan fingerprint density at radius 3 is 2.00 bits per heavy atom. The number of halogens is 2. The summed E-state index contributed by atoms with van der Waals surface area (Å²) in [6.07, 6.45) is 6.65. The Morgan fingerprint density at radius 2 is 1.48 bits per heavy atom. The van der Waals surface area contributed by atoms with Crippen molar-refractivity contribution >= 4 is 28.8 Å². The van der Waals surface area contributed by atoms with Crippen molar-refractivity contribution in [3.8, 4) is 22.5 Å². The minimum atomic E-state index is 0.507. The lowest BCUT2D eigenvalue weighted by molar-refractivity contribution is 0.309. The molecule has 1 heterocycles. The van der Waals surface area contributed by atoms with Gasteiger partial charge in [0.15, 0.2) is 0 Å². The molecule has 4 nitrogen and oxygen atoms in total. The van der Waals surface area contributed by atoms with Crippen molar-refractivity contribution in [3.63, 3.8) is 0 Å².